The minimum absolute atomic E-state index is 0.187. The third-order valence-corrected chi connectivity index (χ3v) is 2.52. The van der Waals surface area contributed by atoms with E-state index in [1.165, 1.54) is 0 Å². The quantitative estimate of drug-likeness (QED) is 0.491. The Kier molecular flexibility index (Phi) is 2.98. The molecule has 0 aromatic heterocycles. The average Bonchev–Trinajstić information content (AvgIpc) is 1.85. The van der Waals surface area contributed by atoms with Crippen molar-refractivity contribution in [1.82, 2.24) is 5.32 Å². The van der Waals surface area contributed by atoms with E-state index in [9.17, 15) is 4.79 Å². The molecule has 1 saturated heterocycles. The van der Waals surface area contributed by atoms with Gasteiger partial charge in [-0.05, 0) is 12.8 Å². The number of rotatable bonds is 1. The van der Waals surface area contributed by atoms with Gasteiger partial charge in [0.05, 0.1) is 16.9 Å². The van der Waals surface area contributed by atoms with Gasteiger partial charge in [-0.2, -0.15) is 0 Å². The van der Waals surface area contributed by atoms with Crippen LogP contribution in [-0.2, 0) is 4.79 Å². The van der Waals surface area contributed by atoms with Gasteiger partial charge >= 0.3 is 5.97 Å². The Morgan fingerprint density at radius 1 is 1.45 bits per heavy atom. The highest BCUT2D eigenvalue weighted by atomic mass is 35.5. The Morgan fingerprint density at radius 3 is 2.55 bits per heavy atom. The van der Waals surface area contributed by atoms with Crippen LogP contribution in [0.25, 0.3) is 0 Å². The summed E-state index contributed by atoms with van der Waals surface area (Å²) in [5.74, 6) is -1.37. The molecule has 0 radical (unpaired) electrons. The highest BCUT2D eigenvalue weighted by Crippen LogP contribution is 2.23. The maximum absolute atomic E-state index is 10.5. The number of carboxylic acids is 1. The molecule has 0 bridgehead atoms. The maximum Gasteiger partial charge on any atom is 0.309 e. The number of alkyl halides is 2. The largest absolute Gasteiger partial charge is 0.481 e. The first-order valence-electron chi connectivity index (χ1n) is 3.38. The first-order chi connectivity index (χ1) is 5.11. The molecule has 0 unspecified atom stereocenters. The van der Waals surface area contributed by atoms with Crippen LogP contribution in [0.5, 0.6) is 0 Å². The predicted molar refractivity (Wildman–Crippen MR) is 42.8 cm³/mol. The molecule has 0 amide bonds. The number of hydrogen-bond donors (Lipinski definition) is 2. The van der Waals surface area contributed by atoms with Gasteiger partial charge in [-0.1, -0.05) is 0 Å². The number of hydrogen-bond acceptors (Lipinski definition) is 2. The zero-order valence-electron chi connectivity index (χ0n) is 5.76. The summed E-state index contributed by atoms with van der Waals surface area (Å²) < 4.78 is 0. The van der Waals surface area contributed by atoms with Gasteiger partial charge in [0.2, 0.25) is 0 Å². The van der Waals surface area contributed by atoms with E-state index in [1.807, 2.05) is 0 Å². The summed E-state index contributed by atoms with van der Waals surface area (Å²) in [6, 6.07) is 0. The summed E-state index contributed by atoms with van der Waals surface area (Å²) in [7, 11) is 0. The molecule has 11 heavy (non-hydrogen) atoms. The minimum atomic E-state index is -0.860. The summed E-state index contributed by atoms with van der Waals surface area (Å²) in [5, 5.41) is 11.4. The fraction of sp³-hybridized carbons (Fsp3) is 0.833. The molecule has 0 aliphatic carbocycles. The van der Waals surface area contributed by atoms with Crippen LogP contribution in [0.3, 0.4) is 0 Å². The number of carboxylic acid groups (broad SMARTS) is 1. The van der Waals surface area contributed by atoms with E-state index in [2.05, 4.69) is 5.32 Å². The summed E-state index contributed by atoms with van der Waals surface area (Å²) in [4.78, 5) is 10.5. The lowest BCUT2D eigenvalue weighted by molar-refractivity contribution is -0.142. The number of nitrogens with one attached hydrogen (secondary N) is 1. The second-order valence-corrected chi connectivity index (χ2v) is 3.56. The number of carbonyl (C=O) groups is 1. The molecule has 0 aromatic rings. The lowest BCUT2D eigenvalue weighted by atomic mass is 10.00. The van der Waals surface area contributed by atoms with Crippen LogP contribution in [0.15, 0.2) is 0 Å². The van der Waals surface area contributed by atoms with Crippen LogP contribution in [0.4, 0.5) is 0 Å². The van der Waals surface area contributed by atoms with Gasteiger partial charge in [-0.3, -0.25) is 10.1 Å². The number of halogens is 2. The van der Waals surface area contributed by atoms with Crippen molar-refractivity contribution < 1.29 is 9.90 Å². The van der Waals surface area contributed by atoms with Crippen molar-refractivity contribution in [2.75, 3.05) is 0 Å². The summed E-state index contributed by atoms with van der Waals surface area (Å²) in [6.45, 7) is 0. The summed E-state index contributed by atoms with van der Waals surface area (Å²) in [5.41, 5.74) is -0.725. The molecule has 1 fully saturated rings. The molecular formula is C6H9Cl2NO2. The average molecular weight is 198 g/mol. The van der Waals surface area contributed by atoms with Gasteiger partial charge in [0.25, 0.3) is 0 Å². The topological polar surface area (TPSA) is 49.3 Å². The maximum atomic E-state index is 10.5. The van der Waals surface area contributed by atoms with E-state index in [4.69, 9.17) is 28.3 Å². The molecule has 2 N–H and O–H groups in total. The molecule has 0 aromatic carbocycles. The predicted octanol–water partition coefficient (Wildman–Crippen LogP) is 1.20. The van der Waals surface area contributed by atoms with E-state index in [0.29, 0.717) is 12.8 Å². The second-order valence-electron chi connectivity index (χ2n) is 2.56. The van der Waals surface area contributed by atoms with E-state index in [1.54, 1.807) is 0 Å². The van der Waals surface area contributed by atoms with Gasteiger partial charge in [-0.15, -0.1) is 23.2 Å². The Morgan fingerprint density at radius 2 is 2.09 bits per heavy atom. The molecule has 3 nitrogen and oxygen atoms in total. The molecule has 3 atom stereocenters. The Balaban J connectivity index is 2.50. The van der Waals surface area contributed by atoms with Crippen LogP contribution in [0, 0.1) is 5.92 Å². The van der Waals surface area contributed by atoms with Gasteiger partial charge in [0.15, 0.2) is 0 Å². The molecule has 1 heterocycles. The van der Waals surface area contributed by atoms with Crippen molar-refractivity contribution in [3.8, 4) is 0 Å². The second kappa shape index (κ2) is 3.61. The molecular weight excluding hydrogens is 189 g/mol. The van der Waals surface area contributed by atoms with Gasteiger partial charge in [0.1, 0.15) is 0 Å². The van der Waals surface area contributed by atoms with Crippen molar-refractivity contribution in [2.24, 2.45) is 5.92 Å². The number of piperidine rings is 1. The molecule has 1 aliphatic heterocycles. The van der Waals surface area contributed by atoms with Crippen LogP contribution >= 0.6 is 23.2 Å². The summed E-state index contributed by atoms with van der Waals surface area (Å²) >= 11 is 11.4. The zero-order valence-corrected chi connectivity index (χ0v) is 7.27. The third kappa shape index (κ3) is 2.22. The van der Waals surface area contributed by atoms with Crippen molar-refractivity contribution in [2.45, 2.75) is 23.8 Å². The van der Waals surface area contributed by atoms with Gasteiger partial charge in [0, 0.05) is 0 Å². The van der Waals surface area contributed by atoms with E-state index >= 15 is 0 Å². The third-order valence-electron chi connectivity index (χ3n) is 1.74. The smallest absolute Gasteiger partial charge is 0.309 e. The van der Waals surface area contributed by atoms with Crippen molar-refractivity contribution >= 4 is 29.2 Å². The lowest BCUT2D eigenvalue weighted by Gasteiger charge is -2.28. The van der Waals surface area contributed by atoms with Crippen molar-refractivity contribution in [3.05, 3.63) is 0 Å². The Hall–Kier alpha value is 0.01000. The van der Waals surface area contributed by atoms with Crippen LogP contribution in [-0.4, -0.2) is 22.1 Å². The molecule has 5 heteroatoms. The normalized spacial score (nSPS) is 38.5. The molecule has 1 aliphatic rings. The highest BCUT2D eigenvalue weighted by Gasteiger charge is 2.32. The van der Waals surface area contributed by atoms with E-state index in [0.717, 1.165) is 0 Å². The van der Waals surface area contributed by atoms with Crippen LogP contribution < -0.4 is 5.32 Å². The SMILES string of the molecule is O=C(O)[C@@H]1CC[C@H](Cl)N[C@@H]1Cl. The minimum Gasteiger partial charge on any atom is -0.481 e. The highest BCUT2D eigenvalue weighted by molar-refractivity contribution is 6.24. The lowest BCUT2D eigenvalue weighted by Crippen LogP contribution is -2.44. The Labute approximate surface area is 74.7 Å². The van der Waals surface area contributed by atoms with Crippen molar-refractivity contribution in [1.29, 1.82) is 0 Å². The van der Waals surface area contributed by atoms with Crippen LogP contribution in [0.2, 0.25) is 0 Å². The van der Waals surface area contributed by atoms with Gasteiger partial charge in [-0.25, -0.2) is 0 Å². The monoisotopic (exact) mass is 197 g/mol. The molecule has 64 valence electrons. The fourth-order valence-corrected chi connectivity index (χ4v) is 1.81. The zero-order chi connectivity index (χ0) is 8.43. The standard InChI is InChI=1S/C6H9Cl2NO2/c7-4-2-1-3(6(10)11)5(8)9-4/h3-5,9H,1-2H2,(H,10,11)/t3-,4-,5+/m1/s1. The summed E-state index contributed by atoms with van der Waals surface area (Å²) in [6.07, 6.45) is 1.20. The molecule has 0 spiro atoms. The van der Waals surface area contributed by atoms with E-state index in [-0.39, 0.29) is 5.50 Å². The van der Waals surface area contributed by atoms with Crippen LogP contribution in [0.1, 0.15) is 12.8 Å². The molecule has 1 rings (SSSR count). The molecule has 0 saturated carbocycles. The number of aliphatic carboxylic acids is 1. The first-order valence-corrected chi connectivity index (χ1v) is 4.25. The Bertz CT molecular complexity index is 165. The fourth-order valence-electron chi connectivity index (χ4n) is 1.09. The van der Waals surface area contributed by atoms with Crippen molar-refractivity contribution in [3.63, 3.8) is 0 Å². The van der Waals surface area contributed by atoms with E-state index < -0.39 is 17.4 Å². The van der Waals surface area contributed by atoms with Gasteiger partial charge < -0.3 is 5.11 Å². The first kappa shape index (κ1) is 9.10.